The van der Waals surface area contributed by atoms with Crippen LogP contribution in [0.15, 0.2) is 23.7 Å². The van der Waals surface area contributed by atoms with Crippen LogP contribution in [-0.2, 0) is 6.42 Å². The predicted molar refractivity (Wildman–Crippen MR) is 71.0 cm³/mol. The highest BCUT2D eigenvalue weighted by molar-refractivity contribution is 6.24. The number of ether oxygens (including phenoxy) is 1. The monoisotopic (exact) mass is 214 g/mol. The Balaban J connectivity index is 0.000000606. The second-order valence-electron chi connectivity index (χ2n) is 3.60. The Morgan fingerprint density at radius 2 is 1.94 bits per heavy atom. The number of fused-ring (bicyclic) bond motifs is 1. The molecule has 0 N–H and O–H groups in total. The van der Waals surface area contributed by atoms with Gasteiger partial charge in [-0.15, -0.1) is 5.47 Å². The fourth-order valence-corrected chi connectivity index (χ4v) is 1.92. The van der Waals surface area contributed by atoms with Gasteiger partial charge >= 0.3 is 0 Å². The Kier molecular flexibility index (Phi) is 5.17. The van der Waals surface area contributed by atoms with Crippen LogP contribution in [-0.4, -0.2) is 15.0 Å². The average molecular weight is 214 g/mol. The van der Waals surface area contributed by atoms with Crippen LogP contribution in [0.25, 0.3) is 6.08 Å². The molecule has 0 fully saturated rings. The second kappa shape index (κ2) is 6.42. The van der Waals surface area contributed by atoms with Crippen LogP contribution in [0.2, 0.25) is 0 Å². The van der Waals surface area contributed by atoms with Gasteiger partial charge in [0.2, 0.25) is 0 Å². The molecule has 2 rings (SSSR count). The Morgan fingerprint density at radius 1 is 1.19 bits per heavy atom. The molecule has 0 aliphatic heterocycles. The zero-order valence-corrected chi connectivity index (χ0v) is 10.4. The van der Waals surface area contributed by atoms with Crippen LogP contribution in [0.4, 0.5) is 0 Å². The van der Waals surface area contributed by atoms with Gasteiger partial charge in [-0.1, -0.05) is 32.1 Å². The first-order valence-corrected chi connectivity index (χ1v) is 5.93. The molecule has 2 heteroatoms. The summed E-state index contributed by atoms with van der Waals surface area (Å²) in [5.41, 5.74) is 3.46. The van der Waals surface area contributed by atoms with Crippen molar-refractivity contribution < 1.29 is 4.74 Å². The van der Waals surface area contributed by atoms with Gasteiger partial charge in [0.15, 0.2) is 0 Å². The highest BCUT2D eigenvalue weighted by Gasteiger charge is 2.10. The average Bonchev–Trinajstić information content (AvgIpc) is 2.51. The topological polar surface area (TPSA) is 9.23 Å². The molecule has 0 heterocycles. The van der Waals surface area contributed by atoms with E-state index < -0.39 is 0 Å². The molecule has 1 aliphatic carbocycles. The summed E-state index contributed by atoms with van der Waals surface area (Å²) < 4.78 is 5.33. The van der Waals surface area contributed by atoms with Crippen LogP contribution >= 0.6 is 0 Å². The summed E-state index contributed by atoms with van der Waals surface area (Å²) >= 11 is 0. The molecule has 0 saturated heterocycles. The van der Waals surface area contributed by atoms with Gasteiger partial charge < -0.3 is 4.74 Å². The molecule has 1 nitrogen and oxygen atoms in total. The Hall–Kier alpha value is -1.18. The third kappa shape index (κ3) is 2.91. The van der Waals surface area contributed by atoms with Gasteiger partial charge in [-0.25, -0.2) is 0 Å². The zero-order chi connectivity index (χ0) is 12.0. The maximum atomic E-state index is 5.86. The third-order valence-electron chi connectivity index (χ3n) is 2.62. The summed E-state index contributed by atoms with van der Waals surface area (Å²) in [6, 6.07) is 6.11. The van der Waals surface area contributed by atoms with E-state index in [2.05, 4.69) is 12.1 Å². The fraction of sp³-hybridized carbons (Fsp3) is 0.429. The van der Waals surface area contributed by atoms with Gasteiger partial charge in [0, 0.05) is 5.56 Å². The minimum Gasteiger partial charge on any atom is -0.496 e. The number of benzene rings is 1. The first-order valence-electron chi connectivity index (χ1n) is 5.93. The minimum absolute atomic E-state index is 0.969. The number of hydrogen-bond donors (Lipinski definition) is 0. The summed E-state index contributed by atoms with van der Waals surface area (Å²) in [6.45, 7) is 4.00. The molecule has 0 bridgehead atoms. The van der Waals surface area contributed by atoms with Gasteiger partial charge in [-0.2, -0.15) is 0 Å². The molecular formula is C14H19BO. The zero-order valence-electron chi connectivity index (χ0n) is 10.4. The second-order valence-corrected chi connectivity index (χ2v) is 3.60. The van der Waals surface area contributed by atoms with Crippen LogP contribution in [0.1, 0.15) is 37.8 Å². The van der Waals surface area contributed by atoms with Crippen molar-refractivity contribution in [2.24, 2.45) is 0 Å². The SMILES string of the molecule is CC.[B]C1=Cc2cccc(OC)c2CCC1. The summed E-state index contributed by atoms with van der Waals surface area (Å²) in [4.78, 5) is 0. The molecule has 0 saturated carbocycles. The van der Waals surface area contributed by atoms with Gasteiger partial charge in [0.1, 0.15) is 13.6 Å². The smallest absolute Gasteiger partial charge is 0.122 e. The first-order chi connectivity index (χ1) is 7.81. The van der Waals surface area contributed by atoms with Crippen molar-refractivity contribution in [1.82, 2.24) is 0 Å². The van der Waals surface area contributed by atoms with Crippen molar-refractivity contribution in [2.45, 2.75) is 33.1 Å². The van der Waals surface area contributed by atoms with Crippen molar-refractivity contribution in [3.63, 3.8) is 0 Å². The van der Waals surface area contributed by atoms with Gasteiger partial charge in [-0.05, 0) is 30.9 Å². The lowest BCUT2D eigenvalue weighted by Gasteiger charge is -2.09. The molecule has 1 aromatic carbocycles. The van der Waals surface area contributed by atoms with Crippen LogP contribution in [0.3, 0.4) is 0 Å². The van der Waals surface area contributed by atoms with Crippen molar-refractivity contribution in [3.05, 3.63) is 34.8 Å². The van der Waals surface area contributed by atoms with Gasteiger partial charge in [-0.3, -0.25) is 0 Å². The number of methoxy groups -OCH3 is 1. The van der Waals surface area contributed by atoms with E-state index in [4.69, 9.17) is 12.6 Å². The maximum Gasteiger partial charge on any atom is 0.122 e. The molecule has 0 atom stereocenters. The van der Waals surface area contributed by atoms with E-state index in [1.54, 1.807) is 7.11 Å². The Morgan fingerprint density at radius 3 is 2.62 bits per heavy atom. The Labute approximate surface area is 99.9 Å². The van der Waals surface area contributed by atoms with E-state index in [9.17, 15) is 0 Å². The lowest BCUT2D eigenvalue weighted by Crippen LogP contribution is -1.93. The standard InChI is InChI=1S/C12H13BO.C2H6/c1-14-12-7-2-4-9-8-10(13)5-3-6-11(9)12;1-2/h2,4,7-8H,3,5-6H2,1H3;1-2H3. The predicted octanol–water partition coefficient (Wildman–Crippen LogP) is 3.57. The number of rotatable bonds is 1. The summed E-state index contributed by atoms with van der Waals surface area (Å²) in [5, 5.41) is 0. The summed E-state index contributed by atoms with van der Waals surface area (Å²) in [5.74, 6) is 0.980. The normalized spacial score (nSPS) is 13.8. The molecule has 0 spiro atoms. The van der Waals surface area contributed by atoms with E-state index in [1.165, 1.54) is 11.1 Å². The maximum absolute atomic E-state index is 5.86. The molecule has 0 amide bonds. The minimum atomic E-state index is 0.969. The number of hydrogen-bond acceptors (Lipinski definition) is 1. The molecule has 1 aliphatic rings. The van der Waals surface area contributed by atoms with E-state index in [0.29, 0.717) is 0 Å². The van der Waals surface area contributed by atoms with Crippen molar-refractivity contribution in [1.29, 1.82) is 0 Å². The van der Waals surface area contributed by atoms with Crippen molar-refractivity contribution in [3.8, 4) is 5.75 Å². The van der Waals surface area contributed by atoms with E-state index in [1.807, 2.05) is 26.0 Å². The Bertz CT molecular complexity index is 369. The van der Waals surface area contributed by atoms with Crippen LogP contribution in [0.5, 0.6) is 5.75 Å². The van der Waals surface area contributed by atoms with Crippen molar-refractivity contribution in [2.75, 3.05) is 7.11 Å². The molecule has 16 heavy (non-hydrogen) atoms. The quantitative estimate of drug-likeness (QED) is 0.649. The molecule has 0 unspecified atom stereocenters. The fourth-order valence-electron chi connectivity index (χ4n) is 1.92. The first kappa shape index (κ1) is 12.9. The highest BCUT2D eigenvalue weighted by Crippen LogP contribution is 2.28. The third-order valence-corrected chi connectivity index (χ3v) is 2.62. The molecular weight excluding hydrogens is 195 g/mol. The molecule has 0 aromatic heterocycles. The molecule has 2 radical (unpaired) electrons. The lowest BCUT2D eigenvalue weighted by atomic mass is 9.91. The van der Waals surface area contributed by atoms with Gasteiger partial charge in [0.05, 0.1) is 7.11 Å². The lowest BCUT2D eigenvalue weighted by molar-refractivity contribution is 0.409. The number of allylic oxidation sites excluding steroid dienone is 1. The summed E-state index contributed by atoms with van der Waals surface area (Å²) in [6.07, 6.45) is 5.20. The largest absolute Gasteiger partial charge is 0.496 e. The van der Waals surface area contributed by atoms with Crippen LogP contribution in [0, 0.1) is 0 Å². The van der Waals surface area contributed by atoms with E-state index in [0.717, 1.165) is 30.5 Å². The van der Waals surface area contributed by atoms with Crippen molar-refractivity contribution >= 4 is 13.9 Å². The molecule has 1 aromatic rings. The highest BCUT2D eigenvalue weighted by atomic mass is 16.5. The summed E-state index contributed by atoms with van der Waals surface area (Å²) in [7, 11) is 7.58. The van der Waals surface area contributed by atoms with Gasteiger partial charge in [0.25, 0.3) is 0 Å². The molecule has 84 valence electrons. The van der Waals surface area contributed by atoms with E-state index >= 15 is 0 Å². The van der Waals surface area contributed by atoms with E-state index in [-0.39, 0.29) is 0 Å². The van der Waals surface area contributed by atoms with Crippen LogP contribution < -0.4 is 4.74 Å².